The van der Waals surface area contributed by atoms with Gasteiger partial charge in [-0.1, -0.05) is 12.5 Å². The third-order valence-corrected chi connectivity index (χ3v) is 3.17. The summed E-state index contributed by atoms with van der Waals surface area (Å²) in [7, 11) is 0. The van der Waals surface area contributed by atoms with Crippen molar-refractivity contribution in [3.8, 4) is 0 Å². The molecule has 0 bridgehead atoms. The van der Waals surface area contributed by atoms with Gasteiger partial charge in [-0.05, 0) is 26.3 Å². The van der Waals surface area contributed by atoms with Gasteiger partial charge in [0.25, 0.3) is 0 Å². The summed E-state index contributed by atoms with van der Waals surface area (Å²) in [5.74, 6) is 5.60. The SMILES string of the molecule is C=C(C)CCC(NN)C1CN(CC)CCO1. The van der Waals surface area contributed by atoms with Gasteiger partial charge in [-0.2, -0.15) is 0 Å². The van der Waals surface area contributed by atoms with Gasteiger partial charge in [-0.25, -0.2) is 0 Å². The van der Waals surface area contributed by atoms with Crippen LogP contribution in [0.2, 0.25) is 0 Å². The number of hydrogen-bond acceptors (Lipinski definition) is 4. The van der Waals surface area contributed by atoms with Crippen molar-refractivity contribution in [3.63, 3.8) is 0 Å². The quantitative estimate of drug-likeness (QED) is 0.402. The zero-order valence-corrected chi connectivity index (χ0v) is 10.5. The molecule has 4 heteroatoms. The highest BCUT2D eigenvalue weighted by Gasteiger charge is 2.26. The summed E-state index contributed by atoms with van der Waals surface area (Å²) >= 11 is 0. The summed E-state index contributed by atoms with van der Waals surface area (Å²) in [5.41, 5.74) is 4.08. The van der Waals surface area contributed by atoms with Gasteiger partial charge in [0.15, 0.2) is 0 Å². The second-order valence-electron chi connectivity index (χ2n) is 4.57. The molecule has 1 aliphatic heterocycles. The van der Waals surface area contributed by atoms with Gasteiger partial charge in [0.2, 0.25) is 0 Å². The highest BCUT2D eigenvalue weighted by Crippen LogP contribution is 2.14. The van der Waals surface area contributed by atoms with Crippen molar-refractivity contribution in [3.05, 3.63) is 12.2 Å². The molecule has 0 amide bonds. The Balaban J connectivity index is 2.41. The monoisotopic (exact) mass is 227 g/mol. The number of nitrogens with one attached hydrogen (secondary N) is 1. The molecule has 0 aromatic carbocycles. The zero-order valence-electron chi connectivity index (χ0n) is 10.5. The minimum Gasteiger partial charge on any atom is -0.374 e. The van der Waals surface area contributed by atoms with Crippen LogP contribution < -0.4 is 11.3 Å². The molecule has 0 saturated carbocycles. The first kappa shape index (κ1) is 13.6. The normalized spacial score (nSPS) is 24.3. The van der Waals surface area contributed by atoms with E-state index in [1.807, 2.05) is 6.92 Å². The molecule has 1 rings (SSSR count). The lowest BCUT2D eigenvalue weighted by atomic mass is 10.0. The minimum atomic E-state index is 0.207. The Hall–Kier alpha value is -0.420. The Morgan fingerprint density at radius 1 is 1.69 bits per heavy atom. The van der Waals surface area contributed by atoms with Crippen LogP contribution in [-0.2, 0) is 4.74 Å². The molecule has 1 aliphatic rings. The number of hydrazine groups is 1. The van der Waals surface area contributed by atoms with Crippen LogP contribution in [0.4, 0.5) is 0 Å². The molecular weight excluding hydrogens is 202 g/mol. The molecule has 1 saturated heterocycles. The molecule has 1 fully saturated rings. The van der Waals surface area contributed by atoms with Crippen molar-refractivity contribution in [2.75, 3.05) is 26.2 Å². The van der Waals surface area contributed by atoms with E-state index in [1.54, 1.807) is 0 Å². The van der Waals surface area contributed by atoms with Gasteiger partial charge in [0.1, 0.15) is 0 Å². The predicted molar refractivity (Wildman–Crippen MR) is 67.0 cm³/mol. The van der Waals surface area contributed by atoms with Crippen molar-refractivity contribution in [1.29, 1.82) is 0 Å². The van der Waals surface area contributed by atoms with Gasteiger partial charge in [-0.15, -0.1) is 6.58 Å². The maximum atomic E-state index is 5.78. The number of ether oxygens (including phenoxy) is 1. The third-order valence-electron chi connectivity index (χ3n) is 3.17. The van der Waals surface area contributed by atoms with Crippen molar-refractivity contribution < 1.29 is 4.74 Å². The summed E-state index contributed by atoms with van der Waals surface area (Å²) in [6.45, 7) is 12.0. The Labute approximate surface area is 98.8 Å². The van der Waals surface area contributed by atoms with Crippen LogP contribution in [0, 0.1) is 0 Å². The van der Waals surface area contributed by atoms with Crippen LogP contribution in [-0.4, -0.2) is 43.3 Å². The summed E-state index contributed by atoms with van der Waals surface area (Å²) in [6.07, 6.45) is 2.20. The molecule has 1 heterocycles. The largest absolute Gasteiger partial charge is 0.374 e. The summed E-state index contributed by atoms with van der Waals surface area (Å²) in [5, 5.41) is 0. The number of nitrogens with two attached hydrogens (primary N) is 1. The molecule has 2 atom stereocenters. The summed E-state index contributed by atoms with van der Waals surface area (Å²) < 4.78 is 5.78. The highest BCUT2D eigenvalue weighted by atomic mass is 16.5. The summed E-state index contributed by atoms with van der Waals surface area (Å²) in [6, 6.07) is 0.228. The Kier molecular flexibility index (Phi) is 5.98. The molecule has 2 unspecified atom stereocenters. The number of hydrogen-bond donors (Lipinski definition) is 2. The van der Waals surface area contributed by atoms with Gasteiger partial charge in [0, 0.05) is 19.1 Å². The fraction of sp³-hybridized carbons (Fsp3) is 0.833. The lowest BCUT2D eigenvalue weighted by Gasteiger charge is -2.36. The Bertz CT molecular complexity index is 220. The van der Waals surface area contributed by atoms with Gasteiger partial charge in [-0.3, -0.25) is 16.2 Å². The molecule has 16 heavy (non-hydrogen) atoms. The van der Waals surface area contributed by atoms with E-state index in [0.717, 1.165) is 39.1 Å². The Morgan fingerprint density at radius 3 is 3.00 bits per heavy atom. The van der Waals surface area contributed by atoms with Crippen molar-refractivity contribution in [2.45, 2.75) is 38.8 Å². The smallest absolute Gasteiger partial charge is 0.0868 e. The minimum absolute atomic E-state index is 0.207. The molecule has 94 valence electrons. The fourth-order valence-corrected chi connectivity index (χ4v) is 2.04. The van der Waals surface area contributed by atoms with Crippen LogP contribution >= 0.6 is 0 Å². The lowest BCUT2D eigenvalue weighted by Crippen LogP contribution is -2.53. The average molecular weight is 227 g/mol. The number of likely N-dealkylation sites (N-methyl/N-ethyl adjacent to an activating group) is 1. The van der Waals surface area contributed by atoms with Crippen LogP contribution in [0.25, 0.3) is 0 Å². The fourth-order valence-electron chi connectivity index (χ4n) is 2.04. The average Bonchev–Trinajstić information content (AvgIpc) is 2.30. The van der Waals surface area contributed by atoms with Crippen molar-refractivity contribution in [2.24, 2.45) is 5.84 Å². The lowest BCUT2D eigenvalue weighted by molar-refractivity contribution is -0.0461. The molecule has 4 nitrogen and oxygen atoms in total. The van der Waals surface area contributed by atoms with Crippen molar-refractivity contribution >= 4 is 0 Å². The molecule has 0 aliphatic carbocycles. The van der Waals surface area contributed by atoms with Crippen LogP contribution in [0.3, 0.4) is 0 Å². The second kappa shape index (κ2) is 7.01. The highest BCUT2D eigenvalue weighted by molar-refractivity contribution is 4.91. The molecule has 0 aromatic rings. The van der Waals surface area contributed by atoms with E-state index in [9.17, 15) is 0 Å². The van der Waals surface area contributed by atoms with E-state index >= 15 is 0 Å². The second-order valence-corrected chi connectivity index (χ2v) is 4.57. The maximum absolute atomic E-state index is 5.78. The van der Waals surface area contributed by atoms with Gasteiger partial charge < -0.3 is 4.74 Å². The van der Waals surface area contributed by atoms with E-state index in [1.165, 1.54) is 5.57 Å². The maximum Gasteiger partial charge on any atom is 0.0868 e. The number of rotatable bonds is 6. The van der Waals surface area contributed by atoms with Crippen LogP contribution in [0.1, 0.15) is 26.7 Å². The molecular formula is C12H25N3O. The zero-order chi connectivity index (χ0) is 12.0. The van der Waals surface area contributed by atoms with E-state index in [4.69, 9.17) is 10.6 Å². The van der Waals surface area contributed by atoms with E-state index in [-0.39, 0.29) is 12.1 Å². The first-order valence-corrected chi connectivity index (χ1v) is 6.11. The summed E-state index contributed by atoms with van der Waals surface area (Å²) in [4.78, 5) is 2.40. The first-order chi connectivity index (χ1) is 7.67. The molecule has 0 radical (unpaired) electrons. The Morgan fingerprint density at radius 2 is 2.44 bits per heavy atom. The molecule has 0 aromatic heterocycles. The van der Waals surface area contributed by atoms with E-state index in [2.05, 4.69) is 23.8 Å². The number of morpholine rings is 1. The topological polar surface area (TPSA) is 50.5 Å². The molecule has 3 N–H and O–H groups in total. The number of nitrogens with zero attached hydrogens (tertiary/aromatic N) is 1. The predicted octanol–water partition coefficient (Wildman–Crippen LogP) is 0.895. The molecule has 0 spiro atoms. The van der Waals surface area contributed by atoms with Crippen molar-refractivity contribution in [1.82, 2.24) is 10.3 Å². The third kappa shape index (κ3) is 4.22. The van der Waals surface area contributed by atoms with Gasteiger partial charge >= 0.3 is 0 Å². The van der Waals surface area contributed by atoms with E-state index in [0.29, 0.717) is 0 Å². The van der Waals surface area contributed by atoms with E-state index < -0.39 is 0 Å². The van der Waals surface area contributed by atoms with Crippen LogP contribution in [0.5, 0.6) is 0 Å². The van der Waals surface area contributed by atoms with Gasteiger partial charge in [0.05, 0.1) is 12.7 Å². The standard InChI is InChI=1S/C12H25N3O/c1-4-15-7-8-16-12(9-15)11(14-13)6-5-10(2)3/h11-12,14H,2,4-9,13H2,1,3H3. The van der Waals surface area contributed by atoms with Crippen LogP contribution in [0.15, 0.2) is 12.2 Å². The number of allylic oxidation sites excluding steroid dienone is 1. The first-order valence-electron chi connectivity index (χ1n) is 6.11.